The van der Waals surface area contributed by atoms with Crippen molar-refractivity contribution in [2.75, 3.05) is 19.6 Å². The van der Waals surface area contributed by atoms with Gasteiger partial charge in [-0.05, 0) is 57.9 Å². The second-order valence-corrected chi connectivity index (χ2v) is 6.60. The summed E-state index contributed by atoms with van der Waals surface area (Å²) in [5, 5.41) is 11.2. The lowest BCUT2D eigenvalue weighted by atomic mass is 10.0. The molecule has 2 heterocycles. The number of hydrogen-bond acceptors (Lipinski definition) is 4. The fraction of sp³-hybridized carbons (Fsp3) is 0.611. The van der Waals surface area contributed by atoms with E-state index in [1.165, 1.54) is 25.8 Å². The zero-order chi connectivity index (χ0) is 16.9. The molecule has 1 atom stereocenters. The molecule has 24 heavy (non-hydrogen) atoms. The number of benzene rings is 1. The Morgan fingerprint density at radius 1 is 1.38 bits per heavy atom. The quantitative estimate of drug-likeness (QED) is 0.827. The zero-order valence-electron chi connectivity index (χ0n) is 14.7. The molecule has 1 unspecified atom stereocenters. The zero-order valence-corrected chi connectivity index (χ0v) is 14.7. The minimum absolute atomic E-state index is 0.0327. The standard InChI is InChI=1S/C18H27N5O/c1-3-23-17-9-8-15(13-16(17)20-21-23)18(24)19-10-6-12-22-11-5-4-7-14(22)2/h8-9,13-14H,3-7,10-12H2,1-2H3,(H,19,24). The largest absolute Gasteiger partial charge is 0.352 e. The first-order valence-corrected chi connectivity index (χ1v) is 9.04. The summed E-state index contributed by atoms with van der Waals surface area (Å²) in [6, 6.07) is 6.26. The fourth-order valence-corrected chi connectivity index (χ4v) is 3.42. The number of likely N-dealkylation sites (tertiary alicyclic amines) is 1. The van der Waals surface area contributed by atoms with Crippen molar-refractivity contribution in [1.29, 1.82) is 0 Å². The molecular weight excluding hydrogens is 302 g/mol. The van der Waals surface area contributed by atoms with Crippen molar-refractivity contribution >= 4 is 16.9 Å². The van der Waals surface area contributed by atoms with Crippen LogP contribution in [0.4, 0.5) is 0 Å². The number of carbonyl (C=O) groups excluding carboxylic acids is 1. The molecule has 1 aliphatic heterocycles. The summed E-state index contributed by atoms with van der Waals surface area (Å²) in [5.41, 5.74) is 2.39. The first kappa shape index (κ1) is 16.9. The number of carbonyl (C=O) groups is 1. The number of aromatic nitrogens is 3. The molecule has 1 saturated heterocycles. The molecule has 1 fully saturated rings. The Hall–Kier alpha value is -1.95. The van der Waals surface area contributed by atoms with Crippen LogP contribution in [0.15, 0.2) is 18.2 Å². The van der Waals surface area contributed by atoms with E-state index in [1.807, 2.05) is 29.8 Å². The Balaban J connectivity index is 1.50. The Morgan fingerprint density at radius 2 is 2.25 bits per heavy atom. The number of piperidine rings is 1. The highest BCUT2D eigenvalue weighted by molar-refractivity contribution is 5.97. The molecule has 0 saturated carbocycles. The minimum atomic E-state index is -0.0327. The van der Waals surface area contributed by atoms with Gasteiger partial charge in [0.25, 0.3) is 5.91 Å². The summed E-state index contributed by atoms with van der Waals surface area (Å²) < 4.78 is 1.83. The van der Waals surface area contributed by atoms with Gasteiger partial charge in [0.15, 0.2) is 0 Å². The molecule has 0 radical (unpaired) electrons. The number of aryl methyl sites for hydroxylation is 1. The third-order valence-corrected chi connectivity index (χ3v) is 4.92. The summed E-state index contributed by atoms with van der Waals surface area (Å²) in [5.74, 6) is -0.0327. The van der Waals surface area contributed by atoms with Crippen LogP contribution in [-0.2, 0) is 6.54 Å². The van der Waals surface area contributed by atoms with Crippen molar-refractivity contribution in [2.24, 2.45) is 0 Å². The average molecular weight is 329 g/mol. The second kappa shape index (κ2) is 7.75. The third kappa shape index (κ3) is 3.75. The lowest BCUT2D eigenvalue weighted by molar-refractivity contribution is 0.0949. The molecule has 3 rings (SSSR count). The van der Waals surface area contributed by atoms with Crippen molar-refractivity contribution < 1.29 is 4.79 Å². The molecule has 1 aliphatic rings. The molecule has 6 nitrogen and oxygen atoms in total. The van der Waals surface area contributed by atoms with Crippen molar-refractivity contribution in [1.82, 2.24) is 25.2 Å². The van der Waals surface area contributed by atoms with Gasteiger partial charge >= 0.3 is 0 Å². The second-order valence-electron chi connectivity index (χ2n) is 6.60. The SMILES string of the molecule is CCn1nnc2cc(C(=O)NCCCN3CCCCC3C)ccc21. The number of nitrogens with zero attached hydrogens (tertiary/aromatic N) is 4. The fourth-order valence-electron chi connectivity index (χ4n) is 3.42. The minimum Gasteiger partial charge on any atom is -0.352 e. The lowest BCUT2D eigenvalue weighted by Gasteiger charge is -2.33. The van der Waals surface area contributed by atoms with Gasteiger partial charge in [-0.15, -0.1) is 5.10 Å². The lowest BCUT2D eigenvalue weighted by Crippen LogP contribution is -2.39. The third-order valence-electron chi connectivity index (χ3n) is 4.92. The van der Waals surface area contributed by atoms with Gasteiger partial charge < -0.3 is 10.2 Å². The molecule has 2 aromatic rings. The normalized spacial score (nSPS) is 18.8. The van der Waals surface area contributed by atoms with E-state index in [9.17, 15) is 4.79 Å². The Labute approximate surface area is 143 Å². The van der Waals surface area contributed by atoms with E-state index >= 15 is 0 Å². The monoisotopic (exact) mass is 329 g/mol. The number of amides is 1. The highest BCUT2D eigenvalue weighted by Gasteiger charge is 2.17. The number of hydrogen-bond donors (Lipinski definition) is 1. The van der Waals surface area contributed by atoms with Crippen LogP contribution in [0.1, 0.15) is 49.9 Å². The van der Waals surface area contributed by atoms with Crippen LogP contribution in [0.25, 0.3) is 11.0 Å². The predicted molar refractivity (Wildman–Crippen MR) is 95.0 cm³/mol. The first-order chi connectivity index (χ1) is 11.7. The van der Waals surface area contributed by atoms with Gasteiger partial charge in [-0.1, -0.05) is 11.6 Å². The smallest absolute Gasteiger partial charge is 0.251 e. The molecule has 0 aliphatic carbocycles. The van der Waals surface area contributed by atoms with Crippen LogP contribution >= 0.6 is 0 Å². The van der Waals surface area contributed by atoms with Crippen LogP contribution in [0.3, 0.4) is 0 Å². The number of nitrogens with one attached hydrogen (secondary N) is 1. The van der Waals surface area contributed by atoms with Crippen molar-refractivity contribution in [3.63, 3.8) is 0 Å². The Morgan fingerprint density at radius 3 is 3.04 bits per heavy atom. The maximum Gasteiger partial charge on any atom is 0.251 e. The van der Waals surface area contributed by atoms with Crippen LogP contribution in [-0.4, -0.2) is 51.5 Å². The summed E-state index contributed by atoms with van der Waals surface area (Å²) in [7, 11) is 0. The van der Waals surface area contributed by atoms with E-state index in [0.29, 0.717) is 18.2 Å². The summed E-state index contributed by atoms with van der Waals surface area (Å²) in [6.45, 7) is 8.07. The van der Waals surface area contributed by atoms with Crippen LogP contribution in [0.2, 0.25) is 0 Å². The van der Waals surface area contributed by atoms with Gasteiger partial charge in [-0.3, -0.25) is 4.79 Å². The molecule has 1 amide bonds. The van der Waals surface area contributed by atoms with Gasteiger partial charge in [0.05, 0.1) is 5.52 Å². The van der Waals surface area contributed by atoms with E-state index in [0.717, 1.165) is 30.5 Å². The Kier molecular flexibility index (Phi) is 5.45. The van der Waals surface area contributed by atoms with Crippen molar-refractivity contribution in [3.05, 3.63) is 23.8 Å². The van der Waals surface area contributed by atoms with E-state index in [2.05, 4.69) is 27.5 Å². The van der Waals surface area contributed by atoms with Crippen molar-refractivity contribution in [3.8, 4) is 0 Å². The van der Waals surface area contributed by atoms with Gasteiger partial charge in [0.2, 0.25) is 0 Å². The molecule has 0 bridgehead atoms. The Bertz CT molecular complexity index is 696. The maximum absolute atomic E-state index is 12.3. The van der Waals surface area contributed by atoms with Gasteiger partial charge in [-0.25, -0.2) is 4.68 Å². The summed E-state index contributed by atoms with van der Waals surface area (Å²) in [6.07, 6.45) is 4.93. The molecule has 1 N–H and O–H groups in total. The number of rotatable bonds is 6. The van der Waals surface area contributed by atoms with Crippen LogP contribution in [0, 0.1) is 0 Å². The van der Waals surface area contributed by atoms with E-state index < -0.39 is 0 Å². The predicted octanol–water partition coefficient (Wildman–Crippen LogP) is 2.45. The van der Waals surface area contributed by atoms with Crippen LogP contribution < -0.4 is 5.32 Å². The molecular formula is C18H27N5O. The molecule has 1 aromatic heterocycles. The summed E-state index contributed by atoms with van der Waals surface area (Å²) >= 11 is 0. The number of fused-ring (bicyclic) bond motifs is 1. The van der Waals surface area contributed by atoms with Gasteiger partial charge in [0.1, 0.15) is 5.52 Å². The topological polar surface area (TPSA) is 63.1 Å². The van der Waals surface area contributed by atoms with Crippen LogP contribution in [0.5, 0.6) is 0 Å². The van der Waals surface area contributed by atoms with Gasteiger partial charge in [0, 0.05) is 31.2 Å². The van der Waals surface area contributed by atoms with Crippen molar-refractivity contribution in [2.45, 2.75) is 52.1 Å². The van der Waals surface area contributed by atoms with E-state index in [-0.39, 0.29) is 5.91 Å². The molecule has 130 valence electrons. The molecule has 1 aromatic carbocycles. The summed E-state index contributed by atoms with van der Waals surface area (Å²) in [4.78, 5) is 14.8. The van der Waals surface area contributed by atoms with E-state index in [4.69, 9.17) is 0 Å². The maximum atomic E-state index is 12.3. The average Bonchev–Trinajstić information content (AvgIpc) is 3.02. The highest BCUT2D eigenvalue weighted by atomic mass is 16.1. The van der Waals surface area contributed by atoms with Gasteiger partial charge in [-0.2, -0.15) is 0 Å². The first-order valence-electron chi connectivity index (χ1n) is 9.04. The molecule has 0 spiro atoms. The van der Waals surface area contributed by atoms with E-state index in [1.54, 1.807) is 0 Å². The molecule has 6 heteroatoms. The highest BCUT2D eigenvalue weighted by Crippen LogP contribution is 2.16.